The van der Waals surface area contributed by atoms with Crippen molar-refractivity contribution in [3.05, 3.63) is 57.1 Å². The maximum absolute atomic E-state index is 13.3. The summed E-state index contributed by atoms with van der Waals surface area (Å²) in [6.07, 6.45) is 2.35. The van der Waals surface area contributed by atoms with Gasteiger partial charge in [0.2, 0.25) is 0 Å². The maximum Gasteiger partial charge on any atom is 0.153 e. The zero-order chi connectivity index (χ0) is 14.1. The Morgan fingerprint density at radius 3 is 2.85 bits per heavy atom. The van der Waals surface area contributed by atoms with Gasteiger partial charge in [0, 0.05) is 27.0 Å². The van der Waals surface area contributed by atoms with Gasteiger partial charge in [0.15, 0.2) is 6.29 Å². The minimum absolute atomic E-state index is 0.344. The van der Waals surface area contributed by atoms with E-state index in [1.807, 2.05) is 10.8 Å². The topological polar surface area (TPSA) is 34.9 Å². The molecule has 0 saturated carbocycles. The van der Waals surface area contributed by atoms with Gasteiger partial charge in [0.25, 0.3) is 0 Å². The van der Waals surface area contributed by atoms with Gasteiger partial charge in [0.05, 0.1) is 11.3 Å². The first-order valence-corrected chi connectivity index (χ1v) is 7.45. The second-order valence-electron chi connectivity index (χ2n) is 4.11. The standard InChI is InChI=1S/C14H8BrFN2OS/c15-13-8-20-7-12(13)14-9(6-19)5-18(17-14)11-3-1-2-10(16)4-11/h1-8H. The lowest BCUT2D eigenvalue weighted by atomic mass is 10.2. The van der Waals surface area contributed by atoms with Crippen LogP contribution >= 0.6 is 27.3 Å². The van der Waals surface area contributed by atoms with Crippen molar-refractivity contribution in [1.82, 2.24) is 9.78 Å². The molecule has 0 N–H and O–H groups in total. The highest BCUT2D eigenvalue weighted by molar-refractivity contribution is 9.10. The molecule has 0 aliphatic rings. The van der Waals surface area contributed by atoms with Gasteiger partial charge in [-0.25, -0.2) is 9.07 Å². The molecule has 6 heteroatoms. The molecule has 3 aromatic rings. The zero-order valence-corrected chi connectivity index (χ0v) is 12.5. The van der Waals surface area contributed by atoms with E-state index in [-0.39, 0.29) is 5.82 Å². The summed E-state index contributed by atoms with van der Waals surface area (Å²) in [5, 5.41) is 8.22. The molecular weight excluding hydrogens is 343 g/mol. The lowest BCUT2D eigenvalue weighted by molar-refractivity contribution is 0.112. The van der Waals surface area contributed by atoms with Gasteiger partial charge >= 0.3 is 0 Å². The summed E-state index contributed by atoms with van der Waals surface area (Å²) in [6, 6.07) is 6.07. The van der Waals surface area contributed by atoms with Gasteiger partial charge in [-0.15, -0.1) is 0 Å². The molecule has 3 rings (SSSR count). The smallest absolute Gasteiger partial charge is 0.153 e. The fourth-order valence-electron chi connectivity index (χ4n) is 1.88. The van der Waals surface area contributed by atoms with Gasteiger partial charge in [-0.05, 0) is 34.1 Å². The second-order valence-corrected chi connectivity index (χ2v) is 5.71. The van der Waals surface area contributed by atoms with Crippen LogP contribution in [0, 0.1) is 5.82 Å². The summed E-state index contributed by atoms with van der Waals surface area (Å²) in [5.41, 5.74) is 2.48. The Hall–Kier alpha value is -1.79. The van der Waals surface area contributed by atoms with Crippen molar-refractivity contribution < 1.29 is 9.18 Å². The molecular formula is C14H8BrFN2OS. The van der Waals surface area contributed by atoms with Crippen LogP contribution in [0.25, 0.3) is 16.9 Å². The molecule has 2 heterocycles. The van der Waals surface area contributed by atoms with Crippen molar-refractivity contribution in [3.63, 3.8) is 0 Å². The molecule has 0 aliphatic carbocycles. The Balaban J connectivity index is 2.14. The molecule has 1 aromatic carbocycles. The molecule has 20 heavy (non-hydrogen) atoms. The third-order valence-electron chi connectivity index (χ3n) is 2.81. The first kappa shape index (κ1) is 13.2. The van der Waals surface area contributed by atoms with E-state index in [1.54, 1.807) is 18.3 Å². The molecule has 0 unspecified atom stereocenters. The molecule has 100 valence electrons. The third-order valence-corrected chi connectivity index (χ3v) is 4.51. The first-order valence-electron chi connectivity index (χ1n) is 5.72. The molecule has 0 spiro atoms. The van der Waals surface area contributed by atoms with Gasteiger partial charge < -0.3 is 0 Å². The molecule has 0 aliphatic heterocycles. The van der Waals surface area contributed by atoms with Gasteiger partial charge in [-0.2, -0.15) is 16.4 Å². The van der Waals surface area contributed by atoms with Crippen LogP contribution < -0.4 is 0 Å². The summed E-state index contributed by atoms with van der Waals surface area (Å²) >= 11 is 4.94. The largest absolute Gasteiger partial charge is 0.298 e. The molecule has 2 aromatic heterocycles. The van der Waals surface area contributed by atoms with E-state index in [0.29, 0.717) is 16.9 Å². The van der Waals surface area contributed by atoms with Crippen molar-refractivity contribution in [3.8, 4) is 16.9 Å². The lowest BCUT2D eigenvalue weighted by Crippen LogP contribution is -1.95. The van der Waals surface area contributed by atoms with Crippen LogP contribution in [0.4, 0.5) is 4.39 Å². The highest BCUT2D eigenvalue weighted by Gasteiger charge is 2.15. The van der Waals surface area contributed by atoms with E-state index in [9.17, 15) is 9.18 Å². The number of hydrogen-bond acceptors (Lipinski definition) is 3. The van der Waals surface area contributed by atoms with E-state index in [2.05, 4.69) is 21.0 Å². The zero-order valence-electron chi connectivity index (χ0n) is 10.1. The van der Waals surface area contributed by atoms with Gasteiger partial charge in [0.1, 0.15) is 11.5 Å². The van der Waals surface area contributed by atoms with E-state index in [0.717, 1.165) is 16.3 Å². The van der Waals surface area contributed by atoms with Crippen LogP contribution in [0.1, 0.15) is 10.4 Å². The number of aldehydes is 1. The third kappa shape index (κ3) is 2.32. The Bertz CT molecular complexity index is 781. The van der Waals surface area contributed by atoms with E-state index in [1.165, 1.54) is 28.2 Å². The van der Waals surface area contributed by atoms with Crippen LogP contribution in [0.3, 0.4) is 0 Å². The summed E-state index contributed by atoms with van der Waals surface area (Å²) in [7, 11) is 0. The van der Waals surface area contributed by atoms with Crippen LogP contribution in [0.2, 0.25) is 0 Å². The molecule has 0 amide bonds. The van der Waals surface area contributed by atoms with Crippen molar-refractivity contribution >= 4 is 33.6 Å². The SMILES string of the molecule is O=Cc1cn(-c2cccc(F)c2)nc1-c1cscc1Br. The number of aromatic nitrogens is 2. The summed E-state index contributed by atoms with van der Waals surface area (Å²) < 4.78 is 15.7. The summed E-state index contributed by atoms with van der Waals surface area (Å²) in [6.45, 7) is 0. The average Bonchev–Trinajstić information content (AvgIpc) is 3.04. The van der Waals surface area contributed by atoms with Gasteiger partial charge in [-0.1, -0.05) is 6.07 Å². The van der Waals surface area contributed by atoms with Crippen molar-refractivity contribution in [2.45, 2.75) is 0 Å². The Labute approximate surface area is 126 Å². The molecule has 0 atom stereocenters. The maximum atomic E-state index is 13.3. The van der Waals surface area contributed by atoms with Crippen LogP contribution in [0.15, 0.2) is 45.7 Å². The highest BCUT2D eigenvalue weighted by atomic mass is 79.9. The summed E-state index contributed by atoms with van der Waals surface area (Å²) in [4.78, 5) is 11.2. The van der Waals surface area contributed by atoms with Crippen molar-refractivity contribution in [2.75, 3.05) is 0 Å². The van der Waals surface area contributed by atoms with Crippen molar-refractivity contribution in [2.24, 2.45) is 0 Å². The van der Waals surface area contributed by atoms with E-state index in [4.69, 9.17) is 0 Å². The first-order chi connectivity index (χ1) is 9.69. The van der Waals surface area contributed by atoms with E-state index >= 15 is 0 Å². The Morgan fingerprint density at radius 1 is 1.35 bits per heavy atom. The molecule has 0 radical (unpaired) electrons. The van der Waals surface area contributed by atoms with Gasteiger partial charge in [-0.3, -0.25) is 4.79 Å². The lowest BCUT2D eigenvalue weighted by Gasteiger charge is -2.00. The highest BCUT2D eigenvalue weighted by Crippen LogP contribution is 2.32. The molecule has 3 nitrogen and oxygen atoms in total. The van der Waals surface area contributed by atoms with Crippen LogP contribution in [-0.2, 0) is 0 Å². The monoisotopic (exact) mass is 350 g/mol. The molecule has 0 saturated heterocycles. The second kappa shape index (κ2) is 5.30. The number of nitrogens with zero attached hydrogens (tertiary/aromatic N) is 2. The number of carbonyl (C=O) groups excluding carboxylic acids is 1. The predicted molar refractivity (Wildman–Crippen MR) is 79.9 cm³/mol. The molecule has 0 fully saturated rings. The minimum Gasteiger partial charge on any atom is -0.298 e. The molecule has 0 bridgehead atoms. The number of carbonyl (C=O) groups is 1. The van der Waals surface area contributed by atoms with Crippen molar-refractivity contribution in [1.29, 1.82) is 0 Å². The number of rotatable bonds is 3. The fourth-order valence-corrected chi connectivity index (χ4v) is 3.35. The predicted octanol–water partition coefficient (Wildman–Crippen LogP) is 4.31. The van der Waals surface area contributed by atoms with Crippen LogP contribution in [-0.4, -0.2) is 16.1 Å². The Kier molecular flexibility index (Phi) is 3.50. The fraction of sp³-hybridized carbons (Fsp3) is 0. The average molecular weight is 351 g/mol. The number of benzene rings is 1. The normalized spacial score (nSPS) is 10.7. The Morgan fingerprint density at radius 2 is 2.20 bits per heavy atom. The van der Waals surface area contributed by atoms with Crippen LogP contribution in [0.5, 0.6) is 0 Å². The van der Waals surface area contributed by atoms with E-state index < -0.39 is 0 Å². The number of thiophene rings is 1. The number of halogens is 2. The number of hydrogen-bond donors (Lipinski definition) is 0. The quantitative estimate of drug-likeness (QED) is 0.659. The minimum atomic E-state index is -0.344. The summed E-state index contributed by atoms with van der Waals surface area (Å²) in [5.74, 6) is -0.344.